The Balaban J connectivity index is 2.85. The maximum Gasteiger partial charge on any atom is 0.204 e. The number of nitrogens with one attached hydrogen (secondary N) is 1. The highest BCUT2D eigenvalue weighted by atomic mass is 16.5. The van der Waals surface area contributed by atoms with E-state index in [0.29, 0.717) is 37.0 Å². The number of rotatable bonds is 9. The van der Waals surface area contributed by atoms with E-state index in [-0.39, 0.29) is 0 Å². The molecule has 0 atom stereocenters. The standard InChI is InChI=1S/C16H23NO4/c1-5-6-8-21-16-14(19-3)10-13(11-15(16)20-4)12-17-7-9-18-2/h10-11,17H,7-9,12H2,1-4H3. The van der Waals surface area contributed by atoms with E-state index >= 15 is 0 Å². The minimum Gasteiger partial charge on any atom is -0.493 e. The van der Waals surface area contributed by atoms with Gasteiger partial charge >= 0.3 is 0 Å². The number of benzene rings is 1. The van der Waals surface area contributed by atoms with Crippen LogP contribution in [0.3, 0.4) is 0 Å². The minimum atomic E-state index is 0.300. The van der Waals surface area contributed by atoms with Crippen molar-refractivity contribution in [3.63, 3.8) is 0 Å². The molecule has 1 N–H and O–H groups in total. The van der Waals surface area contributed by atoms with Crippen LogP contribution in [0.25, 0.3) is 0 Å². The van der Waals surface area contributed by atoms with Crippen molar-refractivity contribution in [1.29, 1.82) is 0 Å². The Morgan fingerprint density at radius 1 is 1.10 bits per heavy atom. The Morgan fingerprint density at radius 2 is 1.76 bits per heavy atom. The van der Waals surface area contributed by atoms with Crippen molar-refractivity contribution in [2.45, 2.75) is 13.5 Å². The molecule has 0 amide bonds. The van der Waals surface area contributed by atoms with Gasteiger partial charge in [0.2, 0.25) is 5.75 Å². The molecule has 0 aliphatic rings. The average Bonchev–Trinajstić information content (AvgIpc) is 2.52. The quantitative estimate of drug-likeness (QED) is 0.556. The van der Waals surface area contributed by atoms with E-state index in [4.69, 9.17) is 18.9 Å². The summed E-state index contributed by atoms with van der Waals surface area (Å²) in [5, 5.41) is 3.28. The van der Waals surface area contributed by atoms with Crippen molar-refractivity contribution in [2.75, 3.05) is 41.1 Å². The van der Waals surface area contributed by atoms with Gasteiger partial charge in [-0.05, 0) is 24.6 Å². The van der Waals surface area contributed by atoms with Gasteiger partial charge in [-0.3, -0.25) is 0 Å². The third-order valence-electron chi connectivity index (χ3n) is 2.80. The summed E-state index contributed by atoms with van der Waals surface area (Å²) >= 11 is 0. The van der Waals surface area contributed by atoms with Crippen LogP contribution in [-0.4, -0.2) is 41.1 Å². The van der Waals surface area contributed by atoms with Gasteiger partial charge in [0.15, 0.2) is 11.5 Å². The molecule has 0 saturated heterocycles. The van der Waals surface area contributed by atoms with Gasteiger partial charge in [-0.1, -0.05) is 5.92 Å². The van der Waals surface area contributed by atoms with Crippen LogP contribution >= 0.6 is 0 Å². The van der Waals surface area contributed by atoms with Gasteiger partial charge < -0.3 is 24.3 Å². The smallest absolute Gasteiger partial charge is 0.204 e. The van der Waals surface area contributed by atoms with Gasteiger partial charge in [-0.15, -0.1) is 5.92 Å². The summed E-state index contributed by atoms with van der Waals surface area (Å²) in [4.78, 5) is 0. The molecule has 21 heavy (non-hydrogen) atoms. The molecule has 0 saturated carbocycles. The first-order valence-corrected chi connectivity index (χ1v) is 6.73. The molecule has 0 spiro atoms. The molecule has 0 aliphatic carbocycles. The fourth-order valence-electron chi connectivity index (χ4n) is 1.77. The zero-order valence-corrected chi connectivity index (χ0v) is 13.1. The molecule has 1 aromatic carbocycles. The highest BCUT2D eigenvalue weighted by molar-refractivity contribution is 5.54. The molecule has 1 rings (SSSR count). The second-order valence-corrected chi connectivity index (χ2v) is 4.21. The third kappa shape index (κ3) is 5.54. The lowest BCUT2D eigenvalue weighted by Crippen LogP contribution is -2.18. The summed E-state index contributed by atoms with van der Waals surface area (Å²) < 4.78 is 21.4. The Bertz CT molecular complexity index is 466. The summed E-state index contributed by atoms with van der Waals surface area (Å²) in [6.45, 7) is 4.23. The van der Waals surface area contributed by atoms with Gasteiger partial charge in [-0.25, -0.2) is 0 Å². The number of hydrogen-bond donors (Lipinski definition) is 1. The predicted molar refractivity (Wildman–Crippen MR) is 82.1 cm³/mol. The maximum atomic E-state index is 5.62. The zero-order chi connectivity index (χ0) is 15.5. The van der Waals surface area contributed by atoms with Crippen LogP contribution in [0.15, 0.2) is 12.1 Å². The Morgan fingerprint density at radius 3 is 2.29 bits per heavy atom. The summed E-state index contributed by atoms with van der Waals surface area (Å²) in [6.07, 6.45) is 0. The molecule has 0 radical (unpaired) electrons. The van der Waals surface area contributed by atoms with E-state index in [1.807, 2.05) is 12.1 Å². The monoisotopic (exact) mass is 293 g/mol. The summed E-state index contributed by atoms with van der Waals surface area (Å²) in [5.74, 6) is 7.48. The van der Waals surface area contributed by atoms with Crippen molar-refractivity contribution in [3.05, 3.63) is 17.7 Å². The first-order chi connectivity index (χ1) is 10.3. The second-order valence-electron chi connectivity index (χ2n) is 4.21. The van der Waals surface area contributed by atoms with Crippen molar-refractivity contribution in [3.8, 4) is 29.1 Å². The van der Waals surface area contributed by atoms with E-state index in [0.717, 1.165) is 12.1 Å². The molecule has 0 heterocycles. The number of ether oxygens (including phenoxy) is 4. The fourth-order valence-corrected chi connectivity index (χ4v) is 1.77. The number of hydrogen-bond acceptors (Lipinski definition) is 5. The van der Waals surface area contributed by atoms with Crippen molar-refractivity contribution in [1.82, 2.24) is 5.32 Å². The maximum absolute atomic E-state index is 5.62. The summed E-state index contributed by atoms with van der Waals surface area (Å²) in [7, 11) is 4.89. The lowest BCUT2D eigenvalue weighted by atomic mass is 10.1. The zero-order valence-electron chi connectivity index (χ0n) is 13.1. The van der Waals surface area contributed by atoms with E-state index in [2.05, 4.69) is 17.2 Å². The molecule has 116 valence electrons. The molecule has 5 nitrogen and oxygen atoms in total. The van der Waals surface area contributed by atoms with Gasteiger partial charge in [0.25, 0.3) is 0 Å². The molecular weight excluding hydrogens is 270 g/mol. The van der Waals surface area contributed by atoms with Gasteiger partial charge in [-0.2, -0.15) is 0 Å². The SMILES string of the molecule is CC#CCOc1c(OC)cc(CNCCOC)cc1OC. The van der Waals surface area contributed by atoms with Crippen molar-refractivity contribution in [2.24, 2.45) is 0 Å². The minimum absolute atomic E-state index is 0.300. The lowest BCUT2D eigenvalue weighted by molar-refractivity contribution is 0.199. The Kier molecular flexibility index (Phi) is 8.10. The van der Waals surface area contributed by atoms with E-state index in [9.17, 15) is 0 Å². The molecule has 0 fully saturated rings. The Hall–Kier alpha value is -1.90. The van der Waals surface area contributed by atoms with Gasteiger partial charge in [0, 0.05) is 20.2 Å². The average molecular weight is 293 g/mol. The van der Waals surface area contributed by atoms with Gasteiger partial charge in [0.1, 0.15) is 6.61 Å². The normalized spacial score (nSPS) is 9.71. The number of methoxy groups -OCH3 is 3. The van der Waals surface area contributed by atoms with E-state index < -0.39 is 0 Å². The molecule has 0 aliphatic heterocycles. The van der Waals surface area contributed by atoms with Crippen LogP contribution in [0.4, 0.5) is 0 Å². The molecule has 5 heteroatoms. The largest absolute Gasteiger partial charge is 0.493 e. The molecule has 1 aromatic rings. The van der Waals surface area contributed by atoms with Crippen LogP contribution in [0.2, 0.25) is 0 Å². The van der Waals surface area contributed by atoms with Crippen LogP contribution in [0.5, 0.6) is 17.2 Å². The molecular formula is C16H23NO4. The molecule has 0 unspecified atom stereocenters. The first kappa shape index (κ1) is 17.2. The Labute approximate surface area is 126 Å². The van der Waals surface area contributed by atoms with Crippen LogP contribution in [-0.2, 0) is 11.3 Å². The molecule has 0 aromatic heterocycles. The third-order valence-corrected chi connectivity index (χ3v) is 2.80. The van der Waals surface area contributed by atoms with Crippen molar-refractivity contribution < 1.29 is 18.9 Å². The van der Waals surface area contributed by atoms with E-state index in [1.54, 1.807) is 28.3 Å². The second kappa shape index (κ2) is 9.92. The lowest BCUT2D eigenvalue weighted by Gasteiger charge is -2.15. The topological polar surface area (TPSA) is 49.0 Å². The van der Waals surface area contributed by atoms with E-state index in [1.165, 1.54) is 0 Å². The molecule has 0 bridgehead atoms. The highest BCUT2D eigenvalue weighted by Gasteiger charge is 2.13. The summed E-state index contributed by atoms with van der Waals surface area (Å²) in [6, 6.07) is 3.86. The summed E-state index contributed by atoms with van der Waals surface area (Å²) in [5.41, 5.74) is 1.05. The van der Waals surface area contributed by atoms with Crippen LogP contribution in [0.1, 0.15) is 12.5 Å². The van der Waals surface area contributed by atoms with Crippen LogP contribution in [0, 0.1) is 11.8 Å². The van der Waals surface area contributed by atoms with Crippen molar-refractivity contribution >= 4 is 0 Å². The van der Waals surface area contributed by atoms with Crippen LogP contribution < -0.4 is 19.5 Å². The first-order valence-electron chi connectivity index (χ1n) is 6.73. The van der Waals surface area contributed by atoms with Gasteiger partial charge in [0.05, 0.1) is 20.8 Å². The predicted octanol–water partition coefficient (Wildman–Crippen LogP) is 1.84. The highest BCUT2D eigenvalue weighted by Crippen LogP contribution is 2.38. The fraction of sp³-hybridized carbons (Fsp3) is 0.500.